The number of amides is 1. The summed E-state index contributed by atoms with van der Waals surface area (Å²) >= 11 is 0. The van der Waals surface area contributed by atoms with Crippen molar-refractivity contribution in [2.45, 2.75) is 38.4 Å². The first-order valence-corrected chi connectivity index (χ1v) is 8.90. The average molecular weight is 309 g/mol. The predicted molar refractivity (Wildman–Crippen MR) is 77.9 cm³/mol. The molecule has 6 nitrogen and oxygen atoms in total. The summed E-state index contributed by atoms with van der Waals surface area (Å²) in [5, 5.41) is 0. The molecular formula is C14H19N3O3S. The van der Waals surface area contributed by atoms with Crippen LogP contribution in [0.15, 0.2) is 18.2 Å². The van der Waals surface area contributed by atoms with Gasteiger partial charge in [0.15, 0.2) is 0 Å². The standard InChI is InChI=1S/C14H19N3O3S/c1-10-4-3-5-11(15-10)9-16-12-6-7-17(21(2,19)20)13(12)8-14(16)18/h3-5,12-13H,6-9H2,1-2H3/t12-,13+/m1/s1. The summed E-state index contributed by atoms with van der Waals surface area (Å²) in [6, 6.07) is 5.51. The van der Waals surface area contributed by atoms with E-state index >= 15 is 0 Å². The van der Waals surface area contributed by atoms with Crippen molar-refractivity contribution >= 4 is 15.9 Å². The minimum absolute atomic E-state index is 0.0154. The summed E-state index contributed by atoms with van der Waals surface area (Å²) in [5.41, 5.74) is 1.77. The van der Waals surface area contributed by atoms with Gasteiger partial charge in [0.2, 0.25) is 15.9 Å². The van der Waals surface area contributed by atoms with Crippen LogP contribution in [0.2, 0.25) is 0 Å². The Balaban J connectivity index is 1.81. The number of likely N-dealkylation sites (tertiary alicyclic amines) is 1. The minimum Gasteiger partial charge on any atom is -0.332 e. The molecule has 2 aliphatic rings. The average Bonchev–Trinajstić information content (AvgIpc) is 2.90. The zero-order chi connectivity index (χ0) is 15.2. The van der Waals surface area contributed by atoms with Crippen molar-refractivity contribution in [2.75, 3.05) is 12.8 Å². The van der Waals surface area contributed by atoms with Crippen LogP contribution in [0.4, 0.5) is 0 Å². The number of carbonyl (C=O) groups excluding carboxylic acids is 1. The van der Waals surface area contributed by atoms with Crippen LogP contribution in [0, 0.1) is 6.92 Å². The Morgan fingerprint density at radius 1 is 1.33 bits per heavy atom. The highest BCUT2D eigenvalue weighted by Gasteiger charge is 2.49. The molecule has 0 spiro atoms. The van der Waals surface area contributed by atoms with E-state index in [2.05, 4.69) is 4.98 Å². The molecule has 3 rings (SSSR count). The summed E-state index contributed by atoms with van der Waals surface area (Å²) in [7, 11) is -3.24. The lowest BCUT2D eigenvalue weighted by molar-refractivity contribution is -0.129. The molecule has 0 N–H and O–H groups in total. The topological polar surface area (TPSA) is 70.6 Å². The molecule has 0 aliphatic carbocycles. The van der Waals surface area contributed by atoms with Gasteiger partial charge in [0.05, 0.1) is 30.6 Å². The quantitative estimate of drug-likeness (QED) is 0.816. The third-order valence-electron chi connectivity index (χ3n) is 4.27. The third-order valence-corrected chi connectivity index (χ3v) is 5.57. The van der Waals surface area contributed by atoms with Crippen molar-refractivity contribution < 1.29 is 13.2 Å². The van der Waals surface area contributed by atoms with Crippen LogP contribution in [-0.2, 0) is 21.4 Å². The van der Waals surface area contributed by atoms with E-state index < -0.39 is 10.0 Å². The van der Waals surface area contributed by atoms with Gasteiger partial charge in [0, 0.05) is 18.7 Å². The van der Waals surface area contributed by atoms with E-state index in [0.29, 0.717) is 19.5 Å². The summed E-state index contributed by atoms with van der Waals surface area (Å²) in [6.45, 7) is 2.87. The van der Waals surface area contributed by atoms with Gasteiger partial charge in [-0.05, 0) is 25.5 Å². The number of hydrogen-bond donors (Lipinski definition) is 0. The fourth-order valence-corrected chi connectivity index (χ4v) is 4.52. The van der Waals surface area contributed by atoms with Crippen molar-refractivity contribution in [1.82, 2.24) is 14.2 Å². The zero-order valence-electron chi connectivity index (χ0n) is 12.2. The van der Waals surface area contributed by atoms with Crippen molar-refractivity contribution in [2.24, 2.45) is 0 Å². The van der Waals surface area contributed by atoms with Gasteiger partial charge < -0.3 is 4.90 Å². The largest absolute Gasteiger partial charge is 0.332 e. The first kappa shape index (κ1) is 14.5. The van der Waals surface area contributed by atoms with E-state index in [1.54, 1.807) is 4.90 Å². The normalized spacial score (nSPS) is 26.4. The number of nitrogens with zero attached hydrogens (tertiary/aromatic N) is 3. The second-order valence-electron chi connectivity index (χ2n) is 5.79. The molecule has 21 heavy (non-hydrogen) atoms. The highest BCUT2D eigenvalue weighted by Crippen LogP contribution is 2.34. The summed E-state index contributed by atoms with van der Waals surface area (Å²) < 4.78 is 25.0. The Hall–Kier alpha value is -1.47. The molecule has 0 unspecified atom stereocenters. The van der Waals surface area contributed by atoms with Crippen molar-refractivity contribution in [3.8, 4) is 0 Å². The van der Waals surface area contributed by atoms with Crippen molar-refractivity contribution in [3.05, 3.63) is 29.6 Å². The first-order valence-electron chi connectivity index (χ1n) is 7.05. The molecule has 7 heteroatoms. The van der Waals surface area contributed by atoms with Crippen LogP contribution >= 0.6 is 0 Å². The smallest absolute Gasteiger partial charge is 0.224 e. The van der Waals surface area contributed by atoms with E-state index in [-0.39, 0.29) is 24.4 Å². The molecule has 2 aliphatic heterocycles. The molecule has 1 aromatic rings. The number of sulfonamides is 1. The van der Waals surface area contributed by atoms with Crippen LogP contribution in [0.25, 0.3) is 0 Å². The van der Waals surface area contributed by atoms with Gasteiger partial charge >= 0.3 is 0 Å². The van der Waals surface area contributed by atoms with Crippen LogP contribution in [0.1, 0.15) is 24.2 Å². The van der Waals surface area contributed by atoms with Crippen LogP contribution in [-0.4, -0.2) is 53.4 Å². The molecule has 1 aromatic heterocycles. The summed E-state index contributed by atoms with van der Waals surface area (Å²) in [5.74, 6) is 0.0154. The predicted octanol–water partition coefficient (Wildman–Crippen LogP) is 0.525. The second-order valence-corrected chi connectivity index (χ2v) is 7.73. The molecule has 0 bridgehead atoms. The molecule has 2 saturated heterocycles. The second kappa shape index (κ2) is 5.06. The third kappa shape index (κ3) is 2.67. The van der Waals surface area contributed by atoms with Gasteiger partial charge in [0.25, 0.3) is 0 Å². The molecule has 2 atom stereocenters. The number of hydrogen-bond acceptors (Lipinski definition) is 4. The van der Waals surface area contributed by atoms with Crippen molar-refractivity contribution in [3.63, 3.8) is 0 Å². The van der Waals surface area contributed by atoms with Gasteiger partial charge in [-0.15, -0.1) is 0 Å². The number of fused-ring (bicyclic) bond motifs is 1. The molecule has 3 heterocycles. The molecule has 2 fully saturated rings. The summed E-state index contributed by atoms with van der Waals surface area (Å²) in [6.07, 6.45) is 2.20. The zero-order valence-corrected chi connectivity index (χ0v) is 13.0. The van der Waals surface area contributed by atoms with E-state index in [4.69, 9.17) is 0 Å². The lowest BCUT2D eigenvalue weighted by atomic mass is 10.1. The molecule has 1 amide bonds. The minimum atomic E-state index is -3.24. The summed E-state index contributed by atoms with van der Waals surface area (Å²) in [4.78, 5) is 18.4. The maximum Gasteiger partial charge on any atom is 0.224 e. The number of carbonyl (C=O) groups is 1. The molecule has 114 valence electrons. The monoisotopic (exact) mass is 309 g/mol. The Morgan fingerprint density at radius 2 is 2.10 bits per heavy atom. The van der Waals surface area contributed by atoms with Gasteiger partial charge in [0.1, 0.15) is 0 Å². The van der Waals surface area contributed by atoms with E-state index in [1.807, 2.05) is 25.1 Å². The maximum atomic E-state index is 12.2. The molecular weight excluding hydrogens is 290 g/mol. The van der Waals surface area contributed by atoms with Gasteiger partial charge in [-0.3, -0.25) is 9.78 Å². The highest BCUT2D eigenvalue weighted by atomic mass is 32.2. The Bertz CT molecular complexity index is 674. The van der Waals surface area contributed by atoms with E-state index in [9.17, 15) is 13.2 Å². The van der Waals surface area contributed by atoms with E-state index in [1.165, 1.54) is 10.6 Å². The lowest BCUT2D eigenvalue weighted by Crippen LogP contribution is -2.39. The van der Waals surface area contributed by atoms with Gasteiger partial charge in [-0.1, -0.05) is 6.07 Å². The Morgan fingerprint density at radius 3 is 2.76 bits per heavy atom. The molecule has 0 radical (unpaired) electrons. The maximum absolute atomic E-state index is 12.2. The van der Waals surface area contributed by atoms with Crippen molar-refractivity contribution in [1.29, 1.82) is 0 Å². The fraction of sp³-hybridized carbons (Fsp3) is 0.571. The van der Waals surface area contributed by atoms with E-state index in [0.717, 1.165) is 11.4 Å². The Kier molecular flexibility index (Phi) is 3.49. The number of aromatic nitrogens is 1. The molecule has 0 aromatic carbocycles. The van der Waals surface area contributed by atoms with Gasteiger partial charge in [-0.25, -0.2) is 8.42 Å². The van der Waals surface area contributed by atoms with Crippen LogP contribution in [0.5, 0.6) is 0 Å². The Labute approximate surface area is 124 Å². The highest BCUT2D eigenvalue weighted by molar-refractivity contribution is 7.88. The fourth-order valence-electron chi connectivity index (χ4n) is 3.37. The number of pyridine rings is 1. The number of rotatable bonds is 3. The van der Waals surface area contributed by atoms with Crippen LogP contribution < -0.4 is 0 Å². The van der Waals surface area contributed by atoms with Gasteiger partial charge in [-0.2, -0.15) is 4.31 Å². The first-order chi connectivity index (χ1) is 9.86. The van der Waals surface area contributed by atoms with Crippen LogP contribution in [0.3, 0.4) is 0 Å². The number of aryl methyl sites for hydroxylation is 1. The lowest BCUT2D eigenvalue weighted by Gasteiger charge is -2.24. The molecule has 0 saturated carbocycles. The SMILES string of the molecule is Cc1cccc(CN2C(=O)C[C@H]3[C@H]2CCN3S(C)(=O)=O)n1.